The summed E-state index contributed by atoms with van der Waals surface area (Å²) in [6, 6.07) is 3.42. The molecule has 0 saturated heterocycles. The molecule has 0 amide bonds. The zero-order valence-electron chi connectivity index (χ0n) is 9.47. The molecule has 1 aromatic carbocycles. The second-order valence-corrected chi connectivity index (χ2v) is 3.54. The Morgan fingerprint density at radius 1 is 1.39 bits per heavy atom. The number of ether oxygens (including phenoxy) is 2. The molecule has 0 radical (unpaired) electrons. The van der Waals surface area contributed by atoms with Gasteiger partial charge >= 0.3 is 12.6 Å². The molecule has 0 saturated carbocycles. The number of phenols is 1. The first-order valence-corrected chi connectivity index (χ1v) is 5.02. The predicted molar refractivity (Wildman–Crippen MR) is 57.1 cm³/mol. The summed E-state index contributed by atoms with van der Waals surface area (Å²) in [5, 5.41) is 18.0. The summed E-state index contributed by atoms with van der Waals surface area (Å²) in [5.41, 5.74) is -0.160. The molecule has 0 bridgehead atoms. The van der Waals surface area contributed by atoms with Gasteiger partial charge in [-0.3, -0.25) is 0 Å². The minimum Gasteiger partial charge on any atom is -0.508 e. The van der Waals surface area contributed by atoms with E-state index in [1.807, 2.05) is 0 Å². The average molecular weight is 262 g/mol. The van der Waals surface area contributed by atoms with Crippen LogP contribution in [-0.4, -0.2) is 35.5 Å². The summed E-state index contributed by atoms with van der Waals surface area (Å²) in [5.74, 6) is -1.45. The first-order valence-electron chi connectivity index (χ1n) is 5.02. The zero-order valence-corrected chi connectivity index (χ0v) is 9.47. The van der Waals surface area contributed by atoms with Crippen molar-refractivity contribution in [2.24, 2.45) is 0 Å². The normalized spacial score (nSPS) is 12.4. The van der Waals surface area contributed by atoms with Crippen LogP contribution in [0.15, 0.2) is 18.2 Å². The number of aromatic carboxylic acids is 1. The topological polar surface area (TPSA) is 76.0 Å². The predicted octanol–water partition coefficient (Wildman–Crippen LogP) is 2.10. The van der Waals surface area contributed by atoms with Gasteiger partial charge in [-0.25, -0.2) is 4.79 Å². The fourth-order valence-corrected chi connectivity index (χ4v) is 1.25. The van der Waals surface area contributed by atoms with Crippen LogP contribution in [0.1, 0.15) is 17.3 Å². The molecule has 0 heterocycles. The Labute approximate surface area is 102 Å². The Balaban J connectivity index is 2.69. The van der Waals surface area contributed by atoms with Gasteiger partial charge in [-0.05, 0) is 19.1 Å². The second kappa shape index (κ2) is 6.15. The van der Waals surface area contributed by atoms with Gasteiger partial charge in [0.1, 0.15) is 17.6 Å². The Bertz CT molecular complexity index is 422. The third-order valence-corrected chi connectivity index (χ3v) is 1.93. The van der Waals surface area contributed by atoms with E-state index >= 15 is 0 Å². The van der Waals surface area contributed by atoms with E-state index in [-0.39, 0.29) is 23.7 Å². The monoisotopic (exact) mass is 262 g/mol. The number of hydrogen-bond donors (Lipinski definition) is 2. The number of alkyl halides is 2. The van der Waals surface area contributed by atoms with Crippen molar-refractivity contribution in [2.45, 2.75) is 19.6 Å². The van der Waals surface area contributed by atoms with Gasteiger partial charge in [-0.1, -0.05) is 0 Å². The number of carboxylic acids is 1. The number of phenolic OH excluding ortho intramolecular Hbond substituents is 1. The largest absolute Gasteiger partial charge is 0.508 e. The summed E-state index contributed by atoms with van der Waals surface area (Å²) < 4.78 is 32.7. The van der Waals surface area contributed by atoms with Crippen LogP contribution in [0.5, 0.6) is 11.5 Å². The van der Waals surface area contributed by atoms with Gasteiger partial charge < -0.3 is 19.7 Å². The highest BCUT2D eigenvalue weighted by Crippen LogP contribution is 2.23. The number of carbonyl (C=O) groups is 1. The fourth-order valence-electron chi connectivity index (χ4n) is 1.25. The van der Waals surface area contributed by atoms with Gasteiger partial charge in [-0.2, -0.15) is 8.78 Å². The van der Waals surface area contributed by atoms with Crippen molar-refractivity contribution >= 4 is 5.97 Å². The molecule has 1 rings (SSSR count). The SMILES string of the molecule is C[C@@H](COC(F)F)Oc1cc(O)cc(C(=O)O)c1. The Morgan fingerprint density at radius 2 is 2.06 bits per heavy atom. The summed E-state index contributed by atoms with van der Waals surface area (Å²) in [4.78, 5) is 10.7. The van der Waals surface area contributed by atoms with Gasteiger partial charge in [0.05, 0.1) is 12.2 Å². The molecule has 2 N–H and O–H groups in total. The minimum absolute atomic E-state index is 0.0674. The van der Waals surface area contributed by atoms with E-state index in [1.54, 1.807) is 0 Å². The van der Waals surface area contributed by atoms with Crippen LogP contribution in [0, 0.1) is 0 Å². The van der Waals surface area contributed by atoms with Crippen LogP contribution in [0.25, 0.3) is 0 Å². The number of aromatic hydroxyl groups is 1. The molecule has 1 atom stereocenters. The van der Waals surface area contributed by atoms with E-state index in [2.05, 4.69) is 4.74 Å². The van der Waals surface area contributed by atoms with Crippen LogP contribution in [0.2, 0.25) is 0 Å². The Morgan fingerprint density at radius 3 is 2.61 bits per heavy atom. The van der Waals surface area contributed by atoms with Crippen molar-refractivity contribution in [1.29, 1.82) is 0 Å². The lowest BCUT2D eigenvalue weighted by Gasteiger charge is -2.15. The fraction of sp³-hybridized carbons (Fsp3) is 0.364. The van der Waals surface area contributed by atoms with E-state index in [1.165, 1.54) is 19.1 Å². The van der Waals surface area contributed by atoms with Crippen LogP contribution >= 0.6 is 0 Å². The maximum absolute atomic E-state index is 11.8. The lowest BCUT2D eigenvalue weighted by molar-refractivity contribution is -0.142. The molecular formula is C11H12F2O5. The highest BCUT2D eigenvalue weighted by molar-refractivity contribution is 5.88. The third-order valence-electron chi connectivity index (χ3n) is 1.93. The van der Waals surface area contributed by atoms with Gasteiger partial charge in [0.15, 0.2) is 0 Å². The molecule has 0 spiro atoms. The van der Waals surface area contributed by atoms with Crippen molar-refractivity contribution in [1.82, 2.24) is 0 Å². The van der Waals surface area contributed by atoms with E-state index in [4.69, 9.17) is 9.84 Å². The molecule has 5 nitrogen and oxygen atoms in total. The van der Waals surface area contributed by atoms with Crippen LogP contribution in [0.4, 0.5) is 8.78 Å². The van der Waals surface area contributed by atoms with E-state index in [0.717, 1.165) is 6.07 Å². The van der Waals surface area contributed by atoms with E-state index < -0.39 is 18.7 Å². The average Bonchev–Trinajstić information content (AvgIpc) is 2.25. The van der Waals surface area contributed by atoms with Crippen molar-refractivity contribution < 1.29 is 33.3 Å². The van der Waals surface area contributed by atoms with Crippen molar-refractivity contribution in [2.75, 3.05) is 6.61 Å². The molecule has 100 valence electrons. The molecule has 0 unspecified atom stereocenters. The maximum Gasteiger partial charge on any atom is 0.345 e. The zero-order chi connectivity index (χ0) is 13.7. The second-order valence-electron chi connectivity index (χ2n) is 3.54. The quantitative estimate of drug-likeness (QED) is 0.821. The van der Waals surface area contributed by atoms with Crippen LogP contribution in [-0.2, 0) is 4.74 Å². The minimum atomic E-state index is -2.89. The molecule has 7 heteroatoms. The molecule has 0 fully saturated rings. The molecule has 0 aliphatic carbocycles. The highest BCUT2D eigenvalue weighted by Gasteiger charge is 2.12. The molecule has 0 aromatic heterocycles. The maximum atomic E-state index is 11.8. The van der Waals surface area contributed by atoms with Crippen molar-refractivity contribution in [3.63, 3.8) is 0 Å². The third kappa shape index (κ3) is 4.54. The molecule has 1 aromatic rings. The summed E-state index contributed by atoms with van der Waals surface area (Å²) in [6.45, 7) is -1.77. The standard InChI is InChI=1S/C11H12F2O5/c1-6(5-17-11(12)13)18-9-3-7(10(15)16)2-8(14)4-9/h2-4,6,11,14H,5H2,1H3,(H,15,16)/t6-/m0/s1. The first kappa shape index (κ1) is 14.2. The van der Waals surface area contributed by atoms with Gasteiger partial charge in [-0.15, -0.1) is 0 Å². The Kier molecular flexibility index (Phi) is 4.85. The number of hydrogen-bond acceptors (Lipinski definition) is 4. The highest BCUT2D eigenvalue weighted by atomic mass is 19.3. The first-order chi connectivity index (χ1) is 8.38. The van der Waals surface area contributed by atoms with Crippen LogP contribution < -0.4 is 4.74 Å². The summed E-state index contributed by atoms with van der Waals surface area (Å²) in [6.07, 6.45) is -0.706. The van der Waals surface area contributed by atoms with Crippen LogP contribution in [0.3, 0.4) is 0 Å². The van der Waals surface area contributed by atoms with Gasteiger partial charge in [0.25, 0.3) is 0 Å². The molecule has 0 aliphatic rings. The summed E-state index contributed by atoms with van der Waals surface area (Å²) in [7, 11) is 0. The van der Waals surface area contributed by atoms with E-state index in [9.17, 15) is 18.7 Å². The summed E-state index contributed by atoms with van der Waals surface area (Å²) >= 11 is 0. The molecule has 0 aliphatic heterocycles. The van der Waals surface area contributed by atoms with Gasteiger partial charge in [0, 0.05) is 6.07 Å². The van der Waals surface area contributed by atoms with Crippen molar-refractivity contribution in [3.05, 3.63) is 23.8 Å². The molecule has 18 heavy (non-hydrogen) atoms. The van der Waals surface area contributed by atoms with Crippen molar-refractivity contribution in [3.8, 4) is 11.5 Å². The lowest BCUT2D eigenvalue weighted by Crippen LogP contribution is -2.20. The molecular weight excluding hydrogens is 250 g/mol. The smallest absolute Gasteiger partial charge is 0.345 e. The van der Waals surface area contributed by atoms with Gasteiger partial charge in [0.2, 0.25) is 0 Å². The number of halogens is 2. The van der Waals surface area contributed by atoms with E-state index in [0.29, 0.717) is 0 Å². The Hall–Kier alpha value is -1.89. The number of carboxylic acid groups (broad SMARTS) is 1. The number of rotatable bonds is 6. The lowest BCUT2D eigenvalue weighted by atomic mass is 10.2. The number of benzene rings is 1.